The van der Waals surface area contributed by atoms with Crippen LogP contribution in [0.15, 0.2) is 63.5 Å². The normalized spacial score (nSPS) is 12.2. The number of hydrogen-bond acceptors (Lipinski definition) is 4. The predicted octanol–water partition coefficient (Wildman–Crippen LogP) is 8.06. The first kappa shape index (κ1) is 25.7. The lowest BCUT2D eigenvalue weighted by Crippen LogP contribution is -2.14. The molecule has 3 aromatic carbocycles. The number of esters is 1. The van der Waals surface area contributed by atoms with Gasteiger partial charge in [0.1, 0.15) is 11.5 Å². The van der Waals surface area contributed by atoms with Gasteiger partial charge in [-0.05, 0) is 112 Å². The van der Waals surface area contributed by atoms with E-state index in [1.54, 1.807) is 24.3 Å². The Labute approximate surface area is 213 Å². The smallest absolute Gasteiger partial charge is 0.338 e. The van der Waals surface area contributed by atoms with E-state index in [0.717, 1.165) is 35.7 Å². The first-order chi connectivity index (χ1) is 15.8. The van der Waals surface area contributed by atoms with Gasteiger partial charge in [0, 0.05) is 12.0 Å². The zero-order chi connectivity index (χ0) is 24.0. The van der Waals surface area contributed by atoms with E-state index in [4.69, 9.17) is 9.47 Å². The van der Waals surface area contributed by atoms with Gasteiger partial charge in [0.2, 0.25) is 0 Å². The van der Waals surface area contributed by atoms with Crippen LogP contribution in [0.1, 0.15) is 47.3 Å². The highest BCUT2D eigenvalue weighted by Gasteiger charge is 2.14. The molecule has 0 amide bonds. The highest BCUT2D eigenvalue weighted by atomic mass is 79.9. The molecule has 0 aliphatic carbocycles. The van der Waals surface area contributed by atoms with E-state index in [1.807, 2.05) is 32.0 Å². The van der Waals surface area contributed by atoms with Crippen LogP contribution in [-0.4, -0.2) is 23.8 Å². The summed E-state index contributed by atoms with van der Waals surface area (Å²) in [5, 5.41) is 10.4. The molecule has 2 atom stereocenters. The van der Waals surface area contributed by atoms with Gasteiger partial charge in [-0.1, -0.05) is 19.1 Å². The minimum atomic E-state index is -0.339. The Kier molecular flexibility index (Phi) is 9.37. The zero-order valence-electron chi connectivity index (χ0n) is 18.8. The van der Waals surface area contributed by atoms with Crippen LogP contribution >= 0.6 is 40.4 Å². The standard InChI is InChI=1S/C26H27Br2O4P/c1-4-16(2)31-26(30)19-7-5-6-17(10-19)11-20-14-21(8-9-24(20)29)32-25-22(27)12-18(15-33-3)13-23(25)28/h5-10,12-14,16,29,33H,4,11,15H2,1-3H3. The van der Waals surface area contributed by atoms with E-state index in [0.29, 0.717) is 29.0 Å². The van der Waals surface area contributed by atoms with Gasteiger partial charge in [0.05, 0.1) is 20.6 Å². The average molecular weight is 594 g/mol. The van der Waals surface area contributed by atoms with Gasteiger partial charge in [0.15, 0.2) is 5.75 Å². The van der Waals surface area contributed by atoms with Crippen molar-refractivity contribution in [2.24, 2.45) is 0 Å². The van der Waals surface area contributed by atoms with Gasteiger partial charge in [-0.15, -0.1) is 8.58 Å². The van der Waals surface area contributed by atoms with Crippen LogP contribution in [0.2, 0.25) is 0 Å². The Morgan fingerprint density at radius 3 is 2.45 bits per heavy atom. The molecule has 1 N–H and O–H groups in total. The topological polar surface area (TPSA) is 55.8 Å². The lowest BCUT2D eigenvalue weighted by Gasteiger charge is -2.14. The van der Waals surface area contributed by atoms with Gasteiger partial charge < -0.3 is 14.6 Å². The molecule has 0 aliphatic rings. The molecule has 0 bridgehead atoms. The Bertz CT molecular complexity index is 1110. The third-order valence-electron chi connectivity index (χ3n) is 5.15. The van der Waals surface area contributed by atoms with E-state index in [2.05, 4.69) is 50.7 Å². The molecular weight excluding hydrogens is 567 g/mol. The van der Waals surface area contributed by atoms with E-state index in [1.165, 1.54) is 5.56 Å². The molecule has 33 heavy (non-hydrogen) atoms. The second kappa shape index (κ2) is 12.0. The number of rotatable bonds is 9. The zero-order valence-corrected chi connectivity index (χ0v) is 23.0. The molecule has 2 unspecified atom stereocenters. The Morgan fingerprint density at radius 2 is 1.79 bits per heavy atom. The maximum absolute atomic E-state index is 12.4. The van der Waals surface area contributed by atoms with Gasteiger partial charge in [-0.2, -0.15) is 0 Å². The van der Waals surface area contributed by atoms with E-state index in [9.17, 15) is 9.90 Å². The van der Waals surface area contributed by atoms with Crippen molar-refractivity contribution in [2.45, 2.75) is 39.0 Å². The minimum absolute atomic E-state index is 0.130. The number of ether oxygens (including phenoxy) is 2. The van der Waals surface area contributed by atoms with Crippen molar-refractivity contribution in [3.8, 4) is 17.2 Å². The fourth-order valence-corrected chi connectivity index (χ4v) is 5.32. The number of halogens is 2. The lowest BCUT2D eigenvalue weighted by atomic mass is 10.0. The SMILES string of the molecule is CCC(C)OC(=O)c1cccc(Cc2cc(Oc3c(Br)cc(CPC)cc3Br)ccc2O)c1. The van der Waals surface area contributed by atoms with Crippen LogP contribution in [0, 0.1) is 0 Å². The van der Waals surface area contributed by atoms with Gasteiger partial charge in [-0.25, -0.2) is 4.79 Å². The first-order valence-corrected chi connectivity index (χ1v) is 14.0. The third kappa shape index (κ3) is 7.05. The minimum Gasteiger partial charge on any atom is -0.508 e. The summed E-state index contributed by atoms with van der Waals surface area (Å²) in [6.45, 7) is 6.03. The summed E-state index contributed by atoms with van der Waals surface area (Å²) in [6, 6.07) is 16.6. The van der Waals surface area contributed by atoms with Crippen LogP contribution < -0.4 is 4.74 Å². The summed E-state index contributed by atoms with van der Waals surface area (Å²) in [5.41, 5.74) is 3.34. The fraction of sp³-hybridized carbons (Fsp3) is 0.269. The fourth-order valence-electron chi connectivity index (χ4n) is 3.26. The van der Waals surface area contributed by atoms with Crippen molar-refractivity contribution in [1.29, 1.82) is 0 Å². The molecule has 0 spiro atoms. The van der Waals surface area contributed by atoms with Crippen molar-refractivity contribution < 1.29 is 19.4 Å². The summed E-state index contributed by atoms with van der Waals surface area (Å²) in [5.74, 6) is 1.13. The number of carbonyl (C=O) groups excluding carboxylic acids is 1. The second-order valence-corrected chi connectivity index (χ2v) is 10.6. The molecule has 0 fully saturated rings. The van der Waals surface area contributed by atoms with E-state index >= 15 is 0 Å². The summed E-state index contributed by atoms with van der Waals surface area (Å²) in [4.78, 5) is 12.4. The first-order valence-electron chi connectivity index (χ1n) is 10.7. The maximum Gasteiger partial charge on any atom is 0.338 e. The Morgan fingerprint density at radius 1 is 1.06 bits per heavy atom. The van der Waals surface area contributed by atoms with Gasteiger partial charge in [0.25, 0.3) is 0 Å². The molecule has 3 rings (SSSR count). The summed E-state index contributed by atoms with van der Waals surface area (Å²) < 4.78 is 13.3. The molecule has 3 aromatic rings. The van der Waals surface area contributed by atoms with Crippen molar-refractivity contribution >= 4 is 46.4 Å². The van der Waals surface area contributed by atoms with Crippen LogP contribution in [0.4, 0.5) is 0 Å². The molecule has 0 radical (unpaired) electrons. The van der Waals surface area contributed by atoms with Crippen LogP contribution in [0.3, 0.4) is 0 Å². The molecule has 7 heteroatoms. The van der Waals surface area contributed by atoms with E-state index in [-0.39, 0.29) is 17.8 Å². The molecule has 0 saturated heterocycles. The molecule has 0 aromatic heterocycles. The largest absolute Gasteiger partial charge is 0.508 e. The molecule has 4 nitrogen and oxygen atoms in total. The Balaban J connectivity index is 1.81. The number of benzene rings is 3. The number of phenolic OH excluding ortho intramolecular Hbond substituents is 1. The predicted molar refractivity (Wildman–Crippen MR) is 142 cm³/mol. The number of aromatic hydroxyl groups is 1. The van der Waals surface area contributed by atoms with Crippen molar-refractivity contribution in [1.82, 2.24) is 0 Å². The van der Waals surface area contributed by atoms with E-state index < -0.39 is 0 Å². The molecule has 0 saturated carbocycles. The maximum atomic E-state index is 12.4. The Hall–Kier alpha value is -1.88. The number of hydrogen-bond donors (Lipinski definition) is 1. The van der Waals surface area contributed by atoms with Crippen molar-refractivity contribution in [3.63, 3.8) is 0 Å². The highest BCUT2D eigenvalue weighted by Crippen LogP contribution is 2.39. The van der Waals surface area contributed by atoms with Crippen LogP contribution in [-0.2, 0) is 17.3 Å². The molecular formula is C26H27Br2O4P. The lowest BCUT2D eigenvalue weighted by molar-refractivity contribution is 0.0334. The molecule has 174 valence electrons. The van der Waals surface area contributed by atoms with Crippen molar-refractivity contribution in [2.75, 3.05) is 6.66 Å². The van der Waals surface area contributed by atoms with Gasteiger partial charge in [-0.3, -0.25) is 0 Å². The average Bonchev–Trinajstić information content (AvgIpc) is 2.78. The van der Waals surface area contributed by atoms with Gasteiger partial charge >= 0.3 is 5.97 Å². The highest BCUT2D eigenvalue weighted by molar-refractivity contribution is 9.11. The van der Waals surface area contributed by atoms with Crippen molar-refractivity contribution in [3.05, 3.63) is 85.8 Å². The third-order valence-corrected chi connectivity index (χ3v) is 7.09. The summed E-state index contributed by atoms with van der Waals surface area (Å²) in [6.07, 6.45) is 2.10. The van der Waals surface area contributed by atoms with Crippen LogP contribution in [0.5, 0.6) is 17.2 Å². The quantitative estimate of drug-likeness (QED) is 0.201. The number of carbonyl (C=O) groups is 1. The molecule has 0 aliphatic heterocycles. The summed E-state index contributed by atoms with van der Waals surface area (Å²) in [7, 11) is 0.837. The molecule has 0 heterocycles. The summed E-state index contributed by atoms with van der Waals surface area (Å²) >= 11 is 7.22. The monoisotopic (exact) mass is 592 g/mol. The van der Waals surface area contributed by atoms with Crippen LogP contribution in [0.25, 0.3) is 0 Å². The number of phenols is 1. The second-order valence-electron chi connectivity index (χ2n) is 7.81.